The number of oxazole rings is 1. The van der Waals surface area contributed by atoms with Gasteiger partial charge in [0.15, 0.2) is 0 Å². The van der Waals surface area contributed by atoms with Crippen LogP contribution in [0.5, 0.6) is 0 Å². The lowest BCUT2D eigenvalue weighted by Crippen LogP contribution is -2.32. The highest BCUT2D eigenvalue weighted by molar-refractivity contribution is 6.04. The summed E-state index contributed by atoms with van der Waals surface area (Å²) in [6.45, 7) is 2.65. The second kappa shape index (κ2) is 5.22. The number of aryl methyl sites for hydroxylation is 1. The second-order valence-electron chi connectivity index (χ2n) is 5.95. The lowest BCUT2D eigenvalue weighted by molar-refractivity contribution is -0.128. The number of carbonyl (C=O) groups excluding carboxylic acids is 2. The zero-order valence-electron chi connectivity index (χ0n) is 12.9. The molecule has 2 saturated heterocycles. The summed E-state index contributed by atoms with van der Waals surface area (Å²) in [4.78, 5) is 32.2. The number of rotatable bonds is 3. The van der Waals surface area contributed by atoms with E-state index >= 15 is 0 Å². The average molecular weight is 311 g/mol. The topological polar surface area (TPSA) is 66.7 Å². The molecular formula is C17H17N3O3. The quantitative estimate of drug-likeness (QED) is 0.817. The summed E-state index contributed by atoms with van der Waals surface area (Å²) in [5, 5.41) is 0. The summed E-state index contributed by atoms with van der Waals surface area (Å²) >= 11 is 0. The number of urea groups is 1. The molecule has 0 bridgehead atoms. The van der Waals surface area contributed by atoms with Gasteiger partial charge in [-0.05, 0) is 31.9 Å². The van der Waals surface area contributed by atoms with Crippen LogP contribution in [0.25, 0.3) is 11.5 Å². The van der Waals surface area contributed by atoms with Crippen LogP contribution in [0.1, 0.15) is 24.3 Å². The van der Waals surface area contributed by atoms with E-state index < -0.39 is 0 Å². The molecule has 6 heteroatoms. The molecule has 0 spiro atoms. The van der Waals surface area contributed by atoms with Crippen LogP contribution in [0.2, 0.25) is 0 Å². The van der Waals surface area contributed by atoms with Crippen molar-refractivity contribution in [3.05, 3.63) is 41.8 Å². The Balaban J connectivity index is 1.59. The fourth-order valence-electron chi connectivity index (χ4n) is 3.26. The molecule has 23 heavy (non-hydrogen) atoms. The minimum atomic E-state index is -0.275. The molecule has 0 saturated carbocycles. The Labute approximate surface area is 133 Å². The lowest BCUT2D eigenvalue weighted by Gasteiger charge is -2.14. The van der Waals surface area contributed by atoms with Gasteiger partial charge in [-0.1, -0.05) is 18.2 Å². The van der Waals surface area contributed by atoms with Gasteiger partial charge >= 0.3 is 6.03 Å². The first-order valence-corrected chi connectivity index (χ1v) is 7.79. The van der Waals surface area contributed by atoms with E-state index in [1.165, 1.54) is 4.90 Å². The number of imide groups is 1. The van der Waals surface area contributed by atoms with Crippen molar-refractivity contribution in [2.24, 2.45) is 0 Å². The predicted octanol–water partition coefficient (Wildman–Crippen LogP) is 2.58. The summed E-state index contributed by atoms with van der Waals surface area (Å²) in [5.41, 5.74) is 1.51. The van der Waals surface area contributed by atoms with Gasteiger partial charge in [-0.25, -0.2) is 9.78 Å². The van der Waals surface area contributed by atoms with E-state index in [0.717, 1.165) is 18.4 Å². The monoisotopic (exact) mass is 311 g/mol. The summed E-state index contributed by atoms with van der Waals surface area (Å²) in [6.07, 6.45) is 1.66. The van der Waals surface area contributed by atoms with Crippen LogP contribution in [0.4, 0.5) is 4.79 Å². The molecule has 1 aromatic heterocycles. The van der Waals surface area contributed by atoms with Crippen molar-refractivity contribution in [3.8, 4) is 11.5 Å². The third-order valence-corrected chi connectivity index (χ3v) is 4.50. The molecule has 0 unspecified atom stereocenters. The number of fused-ring (bicyclic) bond motifs is 1. The Hall–Kier alpha value is -2.63. The number of amides is 3. The molecule has 0 N–H and O–H groups in total. The Kier molecular flexibility index (Phi) is 3.18. The van der Waals surface area contributed by atoms with Crippen molar-refractivity contribution in [2.45, 2.75) is 32.4 Å². The molecule has 2 fully saturated rings. The summed E-state index contributed by atoms with van der Waals surface area (Å²) in [6, 6.07) is 9.10. The van der Waals surface area contributed by atoms with E-state index in [1.54, 1.807) is 11.8 Å². The third kappa shape index (κ3) is 2.21. The van der Waals surface area contributed by atoms with E-state index in [9.17, 15) is 9.59 Å². The van der Waals surface area contributed by atoms with Crippen molar-refractivity contribution < 1.29 is 14.0 Å². The van der Waals surface area contributed by atoms with Gasteiger partial charge in [-0.2, -0.15) is 0 Å². The molecule has 6 nitrogen and oxygen atoms in total. The van der Waals surface area contributed by atoms with E-state index in [2.05, 4.69) is 4.98 Å². The molecule has 3 amide bonds. The molecule has 3 heterocycles. The fourth-order valence-corrected chi connectivity index (χ4v) is 3.26. The standard InChI is InChI=1S/C17H17N3O3/c1-11-13(18-15(23-11)12-6-3-2-4-7-12)10-20-16(21)14-8-5-9-19(14)17(20)22/h2-4,6-7,14H,5,8-10H2,1H3/t14-/m1/s1. The molecule has 4 rings (SSSR count). The van der Waals surface area contributed by atoms with Crippen LogP contribution >= 0.6 is 0 Å². The van der Waals surface area contributed by atoms with Crippen LogP contribution in [-0.4, -0.2) is 39.3 Å². The SMILES string of the molecule is Cc1oc(-c2ccccc2)nc1CN1C(=O)[C@H]2CCCN2C1=O. The first-order chi connectivity index (χ1) is 11.1. The molecule has 2 aliphatic heterocycles. The van der Waals surface area contributed by atoms with E-state index in [-0.39, 0.29) is 24.5 Å². The number of hydrogen-bond acceptors (Lipinski definition) is 4. The number of hydrogen-bond donors (Lipinski definition) is 0. The van der Waals surface area contributed by atoms with Crippen molar-refractivity contribution in [2.75, 3.05) is 6.54 Å². The van der Waals surface area contributed by atoms with Crippen LogP contribution in [0.15, 0.2) is 34.7 Å². The first-order valence-electron chi connectivity index (χ1n) is 7.79. The van der Waals surface area contributed by atoms with Gasteiger partial charge in [0.05, 0.1) is 6.54 Å². The van der Waals surface area contributed by atoms with Crippen molar-refractivity contribution >= 4 is 11.9 Å². The second-order valence-corrected chi connectivity index (χ2v) is 5.95. The Morgan fingerprint density at radius 3 is 2.78 bits per heavy atom. The molecule has 0 aliphatic carbocycles. The molecule has 1 aromatic carbocycles. The number of nitrogens with zero attached hydrogens (tertiary/aromatic N) is 3. The van der Waals surface area contributed by atoms with E-state index in [4.69, 9.17) is 4.42 Å². The highest BCUT2D eigenvalue weighted by Crippen LogP contribution is 2.29. The van der Waals surface area contributed by atoms with Gasteiger partial charge in [-0.15, -0.1) is 0 Å². The zero-order valence-corrected chi connectivity index (χ0v) is 12.9. The Morgan fingerprint density at radius 1 is 1.26 bits per heavy atom. The van der Waals surface area contributed by atoms with Gasteiger partial charge in [0.2, 0.25) is 5.89 Å². The van der Waals surface area contributed by atoms with Crippen molar-refractivity contribution in [1.29, 1.82) is 0 Å². The molecule has 1 atom stereocenters. The minimum absolute atomic E-state index is 0.115. The van der Waals surface area contributed by atoms with Gasteiger partial charge in [0.25, 0.3) is 5.91 Å². The van der Waals surface area contributed by atoms with Crippen molar-refractivity contribution in [3.63, 3.8) is 0 Å². The van der Waals surface area contributed by atoms with Gasteiger partial charge in [0, 0.05) is 12.1 Å². The van der Waals surface area contributed by atoms with E-state index in [0.29, 0.717) is 23.9 Å². The number of aromatic nitrogens is 1. The van der Waals surface area contributed by atoms with Gasteiger partial charge in [0.1, 0.15) is 17.5 Å². The normalized spacial score (nSPS) is 20.5. The van der Waals surface area contributed by atoms with E-state index in [1.807, 2.05) is 30.3 Å². The Bertz CT molecular complexity index is 747. The molecule has 2 aromatic rings. The maximum atomic E-state index is 12.4. The zero-order chi connectivity index (χ0) is 16.0. The fraction of sp³-hybridized carbons (Fsp3) is 0.353. The van der Waals surface area contributed by atoms with Crippen LogP contribution in [-0.2, 0) is 11.3 Å². The predicted molar refractivity (Wildman–Crippen MR) is 82.4 cm³/mol. The van der Waals surface area contributed by atoms with Gasteiger partial charge < -0.3 is 9.32 Å². The van der Waals surface area contributed by atoms with Gasteiger partial charge in [-0.3, -0.25) is 9.69 Å². The first kappa shape index (κ1) is 14.0. The average Bonchev–Trinajstić information content (AvgIpc) is 3.23. The maximum absolute atomic E-state index is 12.4. The lowest BCUT2D eigenvalue weighted by atomic mass is 10.2. The largest absolute Gasteiger partial charge is 0.441 e. The summed E-state index contributed by atoms with van der Waals surface area (Å²) < 4.78 is 5.70. The van der Waals surface area contributed by atoms with Crippen LogP contribution in [0, 0.1) is 6.92 Å². The smallest absolute Gasteiger partial charge is 0.327 e. The van der Waals surface area contributed by atoms with Crippen molar-refractivity contribution in [1.82, 2.24) is 14.8 Å². The highest BCUT2D eigenvalue weighted by atomic mass is 16.4. The number of carbonyl (C=O) groups is 2. The number of benzene rings is 1. The molecular weight excluding hydrogens is 294 g/mol. The third-order valence-electron chi connectivity index (χ3n) is 4.50. The molecule has 0 radical (unpaired) electrons. The molecule has 118 valence electrons. The molecule has 2 aliphatic rings. The van der Waals surface area contributed by atoms with Crippen LogP contribution in [0.3, 0.4) is 0 Å². The maximum Gasteiger partial charge on any atom is 0.327 e. The van der Waals surface area contributed by atoms with Crippen LogP contribution < -0.4 is 0 Å². The minimum Gasteiger partial charge on any atom is -0.441 e. The summed E-state index contributed by atoms with van der Waals surface area (Å²) in [7, 11) is 0. The Morgan fingerprint density at radius 2 is 2.04 bits per heavy atom. The summed E-state index contributed by atoms with van der Waals surface area (Å²) in [5.74, 6) is 1.03. The highest BCUT2D eigenvalue weighted by Gasteiger charge is 2.47.